The Labute approximate surface area is 180 Å². The van der Waals surface area contributed by atoms with Gasteiger partial charge in [-0.1, -0.05) is 11.8 Å². The number of nitrogens with two attached hydrogens (primary N) is 1. The molecule has 2 N–H and O–H groups in total. The molecule has 0 radical (unpaired) electrons. The van der Waals surface area contributed by atoms with Gasteiger partial charge in [0, 0.05) is 5.22 Å². The van der Waals surface area contributed by atoms with Crippen LogP contribution in [0.1, 0.15) is 39.0 Å². The second kappa shape index (κ2) is 8.23. The van der Waals surface area contributed by atoms with Gasteiger partial charge in [0.1, 0.15) is 21.7 Å². The molecular weight excluding hydrogens is 424 g/mol. The van der Waals surface area contributed by atoms with Crippen LogP contribution in [0, 0.1) is 0 Å². The van der Waals surface area contributed by atoms with Crippen LogP contribution in [0.5, 0.6) is 0 Å². The maximum atomic E-state index is 13.5. The highest BCUT2D eigenvalue weighted by molar-refractivity contribution is 8.10. The number of fused-ring (bicyclic) bond motifs is 1. The third-order valence-corrected chi connectivity index (χ3v) is 5.88. The lowest BCUT2D eigenvalue weighted by atomic mass is 10.2. The van der Waals surface area contributed by atoms with E-state index >= 15 is 0 Å². The predicted octanol–water partition coefficient (Wildman–Crippen LogP) is 1.67. The predicted molar refractivity (Wildman–Crippen MR) is 111 cm³/mol. The van der Waals surface area contributed by atoms with E-state index in [1.807, 2.05) is 0 Å². The molecule has 0 fully saturated rings. The van der Waals surface area contributed by atoms with Crippen LogP contribution in [0.4, 0.5) is 5.69 Å². The number of nitrogens with zero attached hydrogens (tertiary/aromatic N) is 1. The summed E-state index contributed by atoms with van der Waals surface area (Å²) in [7, 11) is 1.18. The molecule has 0 aliphatic carbocycles. The standard InChI is InChI=1S/C21H18N2O7S/c1-3-28-21(26)18-15-12(10-11-6-4-8-29-11)14(22)16(20(25)27-2)23(15)19(24)17(31-18)13-7-5-9-30-13/h4-10,17H,3,22H2,1-2H3/b12-10+/t17-/m0/s1. The number of carbonyl (C=O) groups excluding carboxylic acids is 3. The van der Waals surface area contributed by atoms with Crippen molar-refractivity contribution < 1.29 is 32.7 Å². The van der Waals surface area contributed by atoms with Crippen LogP contribution >= 0.6 is 11.8 Å². The van der Waals surface area contributed by atoms with E-state index in [9.17, 15) is 14.4 Å². The summed E-state index contributed by atoms with van der Waals surface area (Å²) in [5.41, 5.74) is 6.09. The zero-order chi connectivity index (χ0) is 22.1. The van der Waals surface area contributed by atoms with Gasteiger partial charge >= 0.3 is 11.9 Å². The second-order valence-corrected chi connectivity index (χ2v) is 7.53. The Hall–Kier alpha value is -3.66. The Balaban J connectivity index is 2.12. The first-order valence-corrected chi connectivity index (χ1v) is 10.1. The highest BCUT2D eigenvalue weighted by atomic mass is 32.2. The highest BCUT2D eigenvalue weighted by Crippen LogP contribution is 2.39. The summed E-state index contributed by atoms with van der Waals surface area (Å²) in [5, 5.41) is -0.503. The molecule has 4 heterocycles. The van der Waals surface area contributed by atoms with E-state index in [1.165, 1.54) is 19.6 Å². The summed E-state index contributed by atoms with van der Waals surface area (Å²) in [4.78, 5) is 39.0. The number of furan rings is 2. The molecule has 4 rings (SSSR count). The second-order valence-electron chi connectivity index (χ2n) is 6.41. The molecule has 1 aliphatic heterocycles. The van der Waals surface area contributed by atoms with Crippen molar-refractivity contribution in [1.29, 1.82) is 0 Å². The number of ether oxygens (including phenoxy) is 2. The third-order valence-electron chi connectivity index (χ3n) is 4.61. The van der Waals surface area contributed by atoms with Gasteiger partial charge in [-0.2, -0.15) is 0 Å². The van der Waals surface area contributed by atoms with Gasteiger partial charge in [0.05, 0.1) is 37.3 Å². The van der Waals surface area contributed by atoms with E-state index in [0.717, 1.165) is 16.3 Å². The van der Waals surface area contributed by atoms with Crippen LogP contribution in [-0.4, -0.2) is 36.1 Å². The normalized spacial score (nSPS) is 16.3. The van der Waals surface area contributed by atoms with Crippen molar-refractivity contribution in [3.05, 3.63) is 64.6 Å². The molecule has 0 unspecified atom stereocenters. The van der Waals surface area contributed by atoms with Gasteiger partial charge in [-0.15, -0.1) is 0 Å². The minimum Gasteiger partial charge on any atom is -0.468 e. The van der Waals surface area contributed by atoms with Crippen molar-refractivity contribution in [1.82, 2.24) is 4.57 Å². The molecule has 10 heteroatoms. The van der Waals surface area contributed by atoms with E-state index in [2.05, 4.69) is 0 Å². The van der Waals surface area contributed by atoms with Gasteiger partial charge < -0.3 is 24.0 Å². The molecule has 160 valence electrons. The van der Waals surface area contributed by atoms with Gasteiger partial charge in [-0.25, -0.2) is 9.59 Å². The van der Waals surface area contributed by atoms with Crippen molar-refractivity contribution in [3.63, 3.8) is 0 Å². The van der Waals surface area contributed by atoms with Crippen molar-refractivity contribution in [2.45, 2.75) is 12.2 Å². The van der Waals surface area contributed by atoms with Gasteiger partial charge in [0.15, 0.2) is 5.69 Å². The number of nitrogen functional groups attached to an aromatic ring is 1. The van der Waals surface area contributed by atoms with E-state index in [1.54, 1.807) is 37.3 Å². The minimum atomic E-state index is -0.923. The first-order valence-electron chi connectivity index (χ1n) is 9.27. The van der Waals surface area contributed by atoms with Crippen molar-refractivity contribution in [2.24, 2.45) is 0 Å². The molecule has 0 aromatic carbocycles. The van der Waals surface area contributed by atoms with Crippen LogP contribution < -0.4 is 16.3 Å². The summed E-state index contributed by atoms with van der Waals surface area (Å²) in [5.74, 6) is -1.23. The maximum Gasteiger partial charge on any atom is 0.357 e. The summed E-state index contributed by atoms with van der Waals surface area (Å²) in [6.07, 6.45) is 4.44. The molecule has 3 aromatic rings. The monoisotopic (exact) mass is 442 g/mol. The van der Waals surface area contributed by atoms with Crippen LogP contribution in [0.3, 0.4) is 0 Å². The Kier molecular flexibility index (Phi) is 5.47. The van der Waals surface area contributed by atoms with Crippen molar-refractivity contribution in [2.75, 3.05) is 19.5 Å². The fourth-order valence-corrected chi connectivity index (χ4v) is 4.47. The number of methoxy groups -OCH3 is 1. The fourth-order valence-electron chi connectivity index (χ4n) is 3.31. The number of aromatic nitrogens is 1. The third kappa shape index (κ3) is 3.44. The average Bonchev–Trinajstić information content (AvgIpc) is 3.51. The quantitative estimate of drug-likeness (QED) is 0.587. The molecule has 1 aliphatic rings. The average molecular weight is 442 g/mol. The van der Waals surface area contributed by atoms with E-state index in [0.29, 0.717) is 11.5 Å². The van der Waals surface area contributed by atoms with Gasteiger partial charge in [0.2, 0.25) is 0 Å². The lowest BCUT2D eigenvalue weighted by Crippen LogP contribution is -2.42. The lowest BCUT2D eigenvalue weighted by molar-refractivity contribution is -0.135. The first-order chi connectivity index (χ1) is 15.0. The molecule has 31 heavy (non-hydrogen) atoms. The Morgan fingerprint density at radius 2 is 1.97 bits per heavy atom. The molecular formula is C21H18N2O7S. The SMILES string of the molecule is CCOC(=O)C1=c2/c(=C/c3ccco3)c(N)c(C(=O)OC)n2C(=O)[C@H](c2ccco2)S1. The molecule has 3 aromatic heterocycles. The zero-order valence-corrected chi connectivity index (χ0v) is 17.4. The topological polar surface area (TPSA) is 127 Å². The van der Waals surface area contributed by atoms with Gasteiger partial charge in [-0.3, -0.25) is 9.36 Å². The summed E-state index contributed by atoms with van der Waals surface area (Å²) < 4.78 is 22.0. The van der Waals surface area contributed by atoms with Crippen molar-refractivity contribution in [3.8, 4) is 0 Å². The smallest absolute Gasteiger partial charge is 0.357 e. The Bertz CT molecular complexity index is 1270. The number of hydrogen-bond donors (Lipinski definition) is 1. The molecule has 0 bridgehead atoms. The number of rotatable bonds is 5. The molecule has 0 saturated heterocycles. The maximum absolute atomic E-state index is 13.5. The van der Waals surface area contributed by atoms with Crippen molar-refractivity contribution >= 4 is 46.3 Å². The van der Waals surface area contributed by atoms with E-state index in [-0.39, 0.29) is 33.5 Å². The zero-order valence-electron chi connectivity index (χ0n) is 16.6. The Morgan fingerprint density at radius 1 is 1.23 bits per heavy atom. The molecule has 9 nitrogen and oxygen atoms in total. The number of hydrogen-bond acceptors (Lipinski definition) is 9. The first kappa shape index (κ1) is 20.6. The highest BCUT2D eigenvalue weighted by Gasteiger charge is 2.39. The van der Waals surface area contributed by atoms with Gasteiger partial charge in [0.25, 0.3) is 5.91 Å². The van der Waals surface area contributed by atoms with Crippen LogP contribution in [0.2, 0.25) is 0 Å². The molecule has 0 amide bonds. The minimum absolute atomic E-state index is 0.0194. The van der Waals surface area contributed by atoms with Gasteiger partial charge in [-0.05, 0) is 37.3 Å². The molecule has 0 spiro atoms. The number of anilines is 1. The van der Waals surface area contributed by atoms with Crippen LogP contribution in [-0.2, 0) is 14.3 Å². The number of carbonyl (C=O) groups is 3. The molecule has 1 atom stereocenters. The summed E-state index contributed by atoms with van der Waals surface area (Å²) in [6, 6.07) is 6.59. The largest absolute Gasteiger partial charge is 0.468 e. The summed E-state index contributed by atoms with van der Waals surface area (Å²) in [6.45, 7) is 1.80. The fraction of sp³-hybridized carbons (Fsp3) is 0.190. The van der Waals surface area contributed by atoms with Crippen LogP contribution in [0.15, 0.2) is 45.6 Å². The summed E-state index contributed by atoms with van der Waals surface area (Å²) >= 11 is 0.976. The molecule has 0 saturated carbocycles. The van der Waals surface area contributed by atoms with Crippen LogP contribution in [0.25, 0.3) is 11.0 Å². The lowest BCUT2D eigenvalue weighted by Gasteiger charge is -2.21. The number of esters is 2. The Morgan fingerprint density at radius 3 is 2.58 bits per heavy atom. The van der Waals surface area contributed by atoms with E-state index in [4.69, 9.17) is 24.0 Å². The number of thioether (sulfide) groups is 1. The van der Waals surface area contributed by atoms with E-state index < -0.39 is 23.1 Å².